The van der Waals surface area contributed by atoms with E-state index in [1.807, 2.05) is 10.6 Å². The summed E-state index contributed by atoms with van der Waals surface area (Å²) in [6.45, 7) is 7.45. The first-order valence-corrected chi connectivity index (χ1v) is 9.76. The van der Waals surface area contributed by atoms with Crippen molar-refractivity contribution in [3.8, 4) is 0 Å². The molecule has 0 saturated carbocycles. The first-order chi connectivity index (χ1) is 11.9. The lowest BCUT2D eigenvalue weighted by molar-refractivity contribution is 0.526. The zero-order chi connectivity index (χ0) is 17.6. The number of halogens is 1. The van der Waals surface area contributed by atoms with E-state index in [1.54, 1.807) is 0 Å². The van der Waals surface area contributed by atoms with E-state index in [-0.39, 0.29) is 5.41 Å². The Kier molecular flexibility index (Phi) is 4.17. The predicted molar refractivity (Wildman–Crippen MR) is 108 cm³/mol. The predicted octanol–water partition coefficient (Wildman–Crippen LogP) is 4.37. The molecule has 0 N–H and O–H groups in total. The van der Waals surface area contributed by atoms with Crippen molar-refractivity contribution in [2.24, 2.45) is 0 Å². The molecule has 1 saturated heterocycles. The first-order valence-electron chi connectivity index (χ1n) is 8.68. The lowest BCUT2D eigenvalue weighted by Gasteiger charge is -2.26. The summed E-state index contributed by atoms with van der Waals surface area (Å²) in [4.78, 5) is 2.41. The molecular weight excluding hydrogens is 425 g/mol. The Bertz CT molecular complexity index is 894. The number of fused-ring (bicyclic) bond motifs is 1. The van der Waals surface area contributed by atoms with Crippen LogP contribution in [0.2, 0.25) is 0 Å². The minimum absolute atomic E-state index is 0.0917. The summed E-state index contributed by atoms with van der Waals surface area (Å²) in [5, 5.41) is 13.5. The maximum atomic E-state index is 4.89. The Balaban J connectivity index is 1.74. The molecule has 5 nitrogen and oxygen atoms in total. The van der Waals surface area contributed by atoms with Gasteiger partial charge in [0.25, 0.3) is 0 Å². The Hall–Kier alpha value is -1.70. The van der Waals surface area contributed by atoms with Crippen LogP contribution in [-0.4, -0.2) is 26.4 Å². The Labute approximate surface area is 161 Å². The van der Waals surface area contributed by atoms with Crippen molar-refractivity contribution in [2.75, 3.05) is 11.4 Å². The number of aromatic nitrogens is 4. The maximum Gasteiger partial charge on any atom is 0.178 e. The van der Waals surface area contributed by atoms with Crippen molar-refractivity contribution in [3.05, 3.63) is 51.4 Å². The Morgan fingerprint density at radius 3 is 2.52 bits per heavy atom. The van der Waals surface area contributed by atoms with Gasteiger partial charge in [0.15, 0.2) is 11.5 Å². The molecule has 6 heteroatoms. The molecular formula is C19H22IN5. The summed E-state index contributed by atoms with van der Waals surface area (Å²) in [5.74, 6) is 1.90. The summed E-state index contributed by atoms with van der Waals surface area (Å²) in [6, 6.07) is 13.3. The molecule has 1 aliphatic heterocycles. The molecule has 1 fully saturated rings. The summed E-state index contributed by atoms with van der Waals surface area (Å²) in [5.41, 5.74) is 2.07. The molecule has 130 valence electrons. The van der Waals surface area contributed by atoms with E-state index in [0.29, 0.717) is 6.04 Å². The maximum absolute atomic E-state index is 4.89. The molecule has 3 aromatic rings. The molecule has 1 atom stereocenters. The van der Waals surface area contributed by atoms with Crippen molar-refractivity contribution >= 4 is 34.1 Å². The molecule has 0 bridgehead atoms. The van der Waals surface area contributed by atoms with Gasteiger partial charge < -0.3 is 4.90 Å². The van der Waals surface area contributed by atoms with E-state index in [4.69, 9.17) is 5.10 Å². The number of anilines is 1. The number of rotatable bonds is 2. The standard InChI is InChI=1S/C19H22IN5/c1-19(2,3)18-22-21-16-10-11-17(23-25(16)18)24-12-4-5-15(24)13-6-8-14(20)9-7-13/h6-11,15H,4-5,12H2,1-3H3. The van der Waals surface area contributed by atoms with Gasteiger partial charge in [0.2, 0.25) is 0 Å². The SMILES string of the molecule is CC(C)(C)c1nnc2ccc(N3CCCC3c3ccc(I)cc3)nn12. The van der Waals surface area contributed by atoms with Crippen LogP contribution in [0.25, 0.3) is 5.65 Å². The minimum Gasteiger partial charge on any atom is -0.348 e. The van der Waals surface area contributed by atoms with Crippen LogP contribution in [0.15, 0.2) is 36.4 Å². The highest BCUT2D eigenvalue weighted by Gasteiger charge is 2.28. The molecule has 1 aromatic carbocycles. The molecule has 1 unspecified atom stereocenters. The number of benzene rings is 1. The van der Waals surface area contributed by atoms with Crippen LogP contribution in [0, 0.1) is 3.57 Å². The second-order valence-corrected chi connectivity index (χ2v) is 8.88. The third kappa shape index (κ3) is 3.12. The monoisotopic (exact) mass is 447 g/mol. The molecule has 1 aliphatic rings. The zero-order valence-corrected chi connectivity index (χ0v) is 16.9. The summed E-state index contributed by atoms with van der Waals surface area (Å²) in [6.07, 6.45) is 2.35. The van der Waals surface area contributed by atoms with E-state index in [9.17, 15) is 0 Å². The van der Waals surface area contributed by atoms with Gasteiger partial charge in [-0.15, -0.1) is 15.3 Å². The van der Waals surface area contributed by atoms with E-state index < -0.39 is 0 Å². The van der Waals surface area contributed by atoms with Gasteiger partial charge in [-0.2, -0.15) is 4.52 Å². The van der Waals surface area contributed by atoms with Crippen LogP contribution < -0.4 is 4.90 Å². The smallest absolute Gasteiger partial charge is 0.178 e. The van der Waals surface area contributed by atoms with E-state index >= 15 is 0 Å². The second kappa shape index (κ2) is 6.23. The average molecular weight is 447 g/mol. The summed E-state index contributed by atoms with van der Waals surface area (Å²) < 4.78 is 3.17. The minimum atomic E-state index is -0.0917. The average Bonchev–Trinajstić information content (AvgIpc) is 3.21. The third-order valence-corrected chi connectivity index (χ3v) is 5.44. The van der Waals surface area contributed by atoms with E-state index in [1.165, 1.54) is 15.6 Å². The fraction of sp³-hybridized carbons (Fsp3) is 0.421. The molecule has 3 heterocycles. The van der Waals surface area contributed by atoms with Crippen LogP contribution >= 0.6 is 22.6 Å². The van der Waals surface area contributed by atoms with Crippen LogP contribution in [0.5, 0.6) is 0 Å². The zero-order valence-electron chi connectivity index (χ0n) is 14.8. The molecule has 0 spiro atoms. The van der Waals surface area contributed by atoms with Crippen LogP contribution in [0.1, 0.15) is 51.0 Å². The summed E-state index contributed by atoms with van der Waals surface area (Å²) >= 11 is 2.35. The van der Waals surface area contributed by atoms with Crippen molar-refractivity contribution in [1.82, 2.24) is 19.8 Å². The molecule has 0 amide bonds. The van der Waals surface area contributed by atoms with Gasteiger partial charge in [-0.1, -0.05) is 32.9 Å². The van der Waals surface area contributed by atoms with Crippen LogP contribution in [0.4, 0.5) is 5.82 Å². The normalized spacial score (nSPS) is 18.2. The van der Waals surface area contributed by atoms with Crippen LogP contribution in [-0.2, 0) is 5.41 Å². The van der Waals surface area contributed by atoms with E-state index in [0.717, 1.165) is 30.3 Å². The van der Waals surface area contributed by atoms with E-state index in [2.05, 4.69) is 88.8 Å². The number of hydrogen-bond acceptors (Lipinski definition) is 4. The Morgan fingerprint density at radius 1 is 1.04 bits per heavy atom. The molecule has 2 aromatic heterocycles. The largest absolute Gasteiger partial charge is 0.348 e. The molecule has 25 heavy (non-hydrogen) atoms. The highest BCUT2D eigenvalue weighted by molar-refractivity contribution is 14.1. The van der Waals surface area contributed by atoms with Gasteiger partial charge in [0.05, 0.1) is 6.04 Å². The topological polar surface area (TPSA) is 46.3 Å². The van der Waals surface area contributed by atoms with Gasteiger partial charge in [0, 0.05) is 15.5 Å². The van der Waals surface area contributed by atoms with Gasteiger partial charge in [-0.25, -0.2) is 0 Å². The summed E-state index contributed by atoms with van der Waals surface area (Å²) in [7, 11) is 0. The van der Waals surface area contributed by atoms with Gasteiger partial charge in [-0.05, 0) is 65.3 Å². The highest BCUT2D eigenvalue weighted by atomic mass is 127. The fourth-order valence-electron chi connectivity index (χ4n) is 3.47. The first kappa shape index (κ1) is 16.8. The lowest BCUT2D eigenvalue weighted by Crippen LogP contribution is -2.25. The van der Waals surface area contributed by atoms with Gasteiger partial charge >= 0.3 is 0 Å². The quantitative estimate of drug-likeness (QED) is 0.548. The number of hydrogen-bond donors (Lipinski definition) is 0. The third-order valence-electron chi connectivity index (χ3n) is 4.72. The van der Waals surface area contributed by atoms with Crippen molar-refractivity contribution in [1.29, 1.82) is 0 Å². The van der Waals surface area contributed by atoms with Crippen molar-refractivity contribution in [2.45, 2.75) is 45.1 Å². The van der Waals surface area contributed by atoms with Crippen molar-refractivity contribution in [3.63, 3.8) is 0 Å². The Morgan fingerprint density at radius 2 is 1.80 bits per heavy atom. The van der Waals surface area contributed by atoms with Gasteiger partial charge in [0.1, 0.15) is 5.82 Å². The molecule has 4 rings (SSSR count). The van der Waals surface area contributed by atoms with Crippen LogP contribution in [0.3, 0.4) is 0 Å². The van der Waals surface area contributed by atoms with Gasteiger partial charge in [-0.3, -0.25) is 0 Å². The lowest BCUT2D eigenvalue weighted by atomic mass is 9.96. The highest BCUT2D eigenvalue weighted by Crippen LogP contribution is 2.35. The second-order valence-electron chi connectivity index (χ2n) is 7.64. The van der Waals surface area contributed by atoms with Crippen molar-refractivity contribution < 1.29 is 0 Å². The molecule has 0 radical (unpaired) electrons. The number of nitrogens with zero attached hydrogens (tertiary/aromatic N) is 5. The molecule has 0 aliphatic carbocycles. The fourth-order valence-corrected chi connectivity index (χ4v) is 3.83.